The predicted molar refractivity (Wildman–Crippen MR) is 258 cm³/mol. The smallest absolute Gasteiger partial charge is 0.305 e. The molecule has 1 aliphatic heterocycles. The average Bonchev–Trinajstić information content (AvgIpc) is 3.63. The number of hydrogen-bond donors (Lipinski definition) is 3. The molecule has 3 saturated carbocycles. The Bertz CT molecular complexity index is 1380. The van der Waals surface area contributed by atoms with Crippen LogP contribution in [0.3, 0.4) is 0 Å². The molecule has 4 aliphatic carbocycles. The zero-order chi connectivity index (χ0) is 45.4. The fraction of sp³-hybridized carbons (Fsp3) is 0.911. The molecule has 4 fully saturated rings. The first-order valence-corrected chi connectivity index (χ1v) is 27.2. The van der Waals surface area contributed by atoms with E-state index in [4.69, 9.17) is 14.2 Å². The third kappa shape index (κ3) is 14.4. The Morgan fingerprint density at radius 2 is 1.35 bits per heavy atom. The van der Waals surface area contributed by atoms with Crippen molar-refractivity contribution >= 4 is 5.97 Å². The molecule has 0 amide bonds. The predicted octanol–water partition coefficient (Wildman–Crippen LogP) is 13.6. The van der Waals surface area contributed by atoms with Gasteiger partial charge in [0.1, 0.15) is 31.0 Å². The summed E-state index contributed by atoms with van der Waals surface area (Å²) in [6, 6.07) is 0. The van der Waals surface area contributed by atoms with E-state index >= 15 is 0 Å². The van der Waals surface area contributed by atoms with Gasteiger partial charge < -0.3 is 29.5 Å². The van der Waals surface area contributed by atoms with E-state index in [1.54, 1.807) is 0 Å². The monoisotopic (exact) mass is 883 g/mol. The van der Waals surface area contributed by atoms with Crippen molar-refractivity contribution in [2.45, 2.75) is 265 Å². The topological polar surface area (TPSA) is 105 Å². The van der Waals surface area contributed by atoms with Crippen molar-refractivity contribution in [3.05, 3.63) is 23.8 Å². The summed E-state index contributed by atoms with van der Waals surface area (Å²) < 4.78 is 18.1. The summed E-state index contributed by atoms with van der Waals surface area (Å²) in [5.74, 6) is 4.62. The lowest BCUT2D eigenvalue weighted by molar-refractivity contribution is -0.313. The number of rotatable bonds is 28. The standard InChI is InChI=1S/C56H98O7/c1-8-10-11-12-13-14-15-16-17-18-19-20-21-22-23-24-25-26-27-50(57)61-39-49-51(58)52(59)53(60)54(63-49)62-44-34-36-55(6)43(38-44)30-31-45-47-33-32-46(56(47,7)37-35-48(45)55)41(5)28-29-42(9-2)40(3)4/h28-30,40-42,44-49,51-54,58-60H,8-27,31-39H2,1-7H3/b29-28+. The summed E-state index contributed by atoms with van der Waals surface area (Å²) in [5, 5.41) is 32.6. The number of aliphatic hydroxyl groups excluding tert-OH is 3. The zero-order valence-corrected chi connectivity index (χ0v) is 41.7. The Labute approximate surface area is 386 Å². The molecular weight excluding hydrogens is 785 g/mol. The molecule has 0 aromatic rings. The van der Waals surface area contributed by atoms with Gasteiger partial charge in [-0.15, -0.1) is 0 Å². The van der Waals surface area contributed by atoms with Crippen molar-refractivity contribution in [1.82, 2.24) is 0 Å². The van der Waals surface area contributed by atoms with Gasteiger partial charge in [0.05, 0.1) is 6.10 Å². The van der Waals surface area contributed by atoms with Crippen LogP contribution in [0.25, 0.3) is 0 Å². The van der Waals surface area contributed by atoms with Crippen LogP contribution < -0.4 is 0 Å². The molecule has 0 aromatic heterocycles. The number of carbonyl (C=O) groups is 1. The number of fused-ring (bicyclic) bond motifs is 5. The Morgan fingerprint density at radius 1 is 0.746 bits per heavy atom. The largest absolute Gasteiger partial charge is 0.463 e. The van der Waals surface area contributed by atoms with Gasteiger partial charge in [0.25, 0.3) is 0 Å². The second-order valence-corrected chi connectivity index (χ2v) is 22.5. The normalized spacial score (nSPS) is 35.3. The van der Waals surface area contributed by atoms with Crippen molar-refractivity contribution in [2.24, 2.45) is 52.3 Å². The third-order valence-electron chi connectivity index (χ3n) is 17.9. The Hall–Kier alpha value is -1.25. The molecule has 5 aliphatic rings. The lowest BCUT2D eigenvalue weighted by Crippen LogP contribution is -2.60. The fourth-order valence-corrected chi connectivity index (χ4v) is 13.7. The van der Waals surface area contributed by atoms with Gasteiger partial charge >= 0.3 is 5.97 Å². The molecule has 0 radical (unpaired) electrons. The quantitative estimate of drug-likeness (QED) is 0.0408. The Kier molecular flexibility index (Phi) is 22.0. The minimum absolute atomic E-state index is 0.147. The number of ether oxygens (including phenoxy) is 3. The number of allylic oxidation sites excluding steroid dienone is 3. The molecule has 0 aromatic carbocycles. The minimum atomic E-state index is -1.45. The van der Waals surface area contributed by atoms with E-state index in [1.807, 2.05) is 0 Å². The van der Waals surface area contributed by atoms with Crippen LogP contribution in [0, 0.1) is 52.3 Å². The van der Waals surface area contributed by atoms with Crippen LogP contribution in [0.15, 0.2) is 23.8 Å². The molecule has 0 bridgehead atoms. The molecule has 364 valence electrons. The maximum atomic E-state index is 12.7. The lowest BCUT2D eigenvalue weighted by atomic mass is 9.47. The van der Waals surface area contributed by atoms with Gasteiger partial charge in [-0.05, 0) is 116 Å². The summed E-state index contributed by atoms with van der Waals surface area (Å²) in [5.41, 5.74) is 2.05. The highest BCUT2D eigenvalue weighted by Gasteiger charge is 2.59. The van der Waals surface area contributed by atoms with Crippen molar-refractivity contribution in [3.8, 4) is 0 Å². The van der Waals surface area contributed by atoms with Gasteiger partial charge in [-0.3, -0.25) is 4.79 Å². The molecule has 7 nitrogen and oxygen atoms in total. The van der Waals surface area contributed by atoms with Crippen LogP contribution >= 0.6 is 0 Å². The summed E-state index contributed by atoms with van der Waals surface area (Å²) >= 11 is 0. The van der Waals surface area contributed by atoms with E-state index in [0.29, 0.717) is 35.5 Å². The highest BCUT2D eigenvalue weighted by molar-refractivity contribution is 5.69. The van der Waals surface area contributed by atoms with E-state index in [9.17, 15) is 20.1 Å². The molecule has 14 unspecified atom stereocenters. The maximum absolute atomic E-state index is 12.7. The minimum Gasteiger partial charge on any atom is -0.463 e. The van der Waals surface area contributed by atoms with Crippen LogP contribution in [0.2, 0.25) is 0 Å². The van der Waals surface area contributed by atoms with E-state index in [0.717, 1.165) is 62.7 Å². The van der Waals surface area contributed by atoms with Gasteiger partial charge in [0.2, 0.25) is 0 Å². The van der Waals surface area contributed by atoms with Gasteiger partial charge in [-0.1, -0.05) is 181 Å². The Morgan fingerprint density at radius 3 is 1.94 bits per heavy atom. The Balaban J connectivity index is 0.978. The molecule has 1 saturated heterocycles. The molecule has 63 heavy (non-hydrogen) atoms. The van der Waals surface area contributed by atoms with Gasteiger partial charge in [-0.2, -0.15) is 0 Å². The van der Waals surface area contributed by atoms with Crippen LogP contribution in [-0.2, 0) is 19.0 Å². The maximum Gasteiger partial charge on any atom is 0.305 e. The average molecular weight is 883 g/mol. The number of hydrogen-bond acceptors (Lipinski definition) is 7. The second-order valence-electron chi connectivity index (χ2n) is 22.5. The lowest BCUT2D eigenvalue weighted by Gasteiger charge is -2.58. The molecule has 3 N–H and O–H groups in total. The fourth-order valence-electron chi connectivity index (χ4n) is 13.7. The van der Waals surface area contributed by atoms with Gasteiger partial charge in [-0.25, -0.2) is 0 Å². The molecule has 5 rings (SSSR count). The molecule has 14 atom stereocenters. The summed E-state index contributed by atoms with van der Waals surface area (Å²) in [6.45, 7) is 16.8. The molecule has 1 heterocycles. The first-order chi connectivity index (χ1) is 30.3. The van der Waals surface area contributed by atoms with Crippen molar-refractivity contribution in [1.29, 1.82) is 0 Å². The number of unbranched alkanes of at least 4 members (excludes halogenated alkanes) is 17. The molecular formula is C56H98O7. The van der Waals surface area contributed by atoms with Crippen molar-refractivity contribution in [3.63, 3.8) is 0 Å². The summed E-state index contributed by atoms with van der Waals surface area (Å²) in [6.07, 6.45) is 35.4. The van der Waals surface area contributed by atoms with Gasteiger partial charge in [0.15, 0.2) is 6.29 Å². The summed E-state index contributed by atoms with van der Waals surface area (Å²) in [4.78, 5) is 12.7. The number of esters is 1. The first-order valence-electron chi connectivity index (χ1n) is 27.2. The van der Waals surface area contributed by atoms with Crippen molar-refractivity contribution in [2.75, 3.05) is 6.61 Å². The van der Waals surface area contributed by atoms with Crippen LogP contribution in [-0.4, -0.2) is 64.7 Å². The number of carbonyl (C=O) groups excluding carboxylic acids is 1. The number of aliphatic hydroxyl groups is 3. The van der Waals surface area contributed by atoms with E-state index in [-0.39, 0.29) is 24.1 Å². The first kappa shape index (κ1) is 52.7. The van der Waals surface area contributed by atoms with E-state index in [2.05, 4.69) is 66.7 Å². The SMILES string of the molecule is CCCCCCCCCCCCCCCCCCCCC(=O)OCC1OC(OC2CCC3(C)C(=CCC4C3CCC3(C)C(C(C)/C=C/C(CC)C(C)C)CCC43)C2)C(O)C(O)C1O. The van der Waals surface area contributed by atoms with Crippen LogP contribution in [0.1, 0.15) is 228 Å². The second kappa shape index (κ2) is 26.3. The van der Waals surface area contributed by atoms with Crippen LogP contribution in [0.4, 0.5) is 0 Å². The summed E-state index contributed by atoms with van der Waals surface area (Å²) in [7, 11) is 0. The third-order valence-corrected chi connectivity index (χ3v) is 17.9. The van der Waals surface area contributed by atoms with Crippen molar-refractivity contribution < 1.29 is 34.3 Å². The van der Waals surface area contributed by atoms with E-state index in [1.165, 1.54) is 134 Å². The molecule has 0 spiro atoms. The van der Waals surface area contributed by atoms with Gasteiger partial charge in [0, 0.05) is 6.42 Å². The van der Waals surface area contributed by atoms with E-state index < -0.39 is 30.7 Å². The highest BCUT2D eigenvalue weighted by Crippen LogP contribution is 2.67. The molecule has 7 heteroatoms. The zero-order valence-electron chi connectivity index (χ0n) is 41.7. The highest BCUT2D eigenvalue weighted by atomic mass is 16.7. The van der Waals surface area contributed by atoms with Crippen LogP contribution in [0.5, 0.6) is 0 Å².